The second-order valence-corrected chi connectivity index (χ2v) is 2.71. The number of carbonyl (C=O) groups is 1. The maximum absolute atomic E-state index is 10.6. The average Bonchev–Trinajstić information content (AvgIpc) is 2.17. The standard InChI is InChI=1S/C10H11NO2/c1-3-7(2)9-6-8(10(12)13)4-5-11-9/h3-6H,1-2H3,(H,12,13)/b7-3-. The molecule has 0 bridgehead atoms. The molecule has 0 aliphatic heterocycles. The van der Waals surface area contributed by atoms with Gasteiger partial charge < -0.3 is 5.11 Å². The molecule has 1 N–H and O–H groups in total. The molecule has 0 atom stereocenters. The molecule has 1 rings (SSSR count). The number of allylic oxidation sites excluding steroid dienone is 2. The predicted molar refractivity (Wildman–Crippen MR) is 50.5 cm³/mol. The number of pyridine rings is 1. The van der Waals surface area contributed by atoms with E-state index in [1.54, 1.807) is 6.07 Å². The second kappa shape index (κ2) is 3.85. The first-order chi connectivity index (χ1) is 6.15. The van der Waals surface area contributed by atoms with Gasteiger partial charge in [0.15, 0.2) is 0 Å². The summed E-state index contributed by atoms with van der Waals surface area (Å²) < 4.78 is 0. The number of hydrogen-bond donors (Lipinski definition) is 1. The number of carboxylic acids is 1. The molecule has 0 amide bonds. The molecular weight excluding hydrogens is 166 g/mol. The molecule has 0 unspecified atom stereocenters. The lowest BCUT2D eigenvalue weighted by Gasteiger charge is -2.00. The summed E-state index contributed by atoms with van der Waals surface area (Å²) in [6, 6.07) is 3.05. The van der Waals surface area contributed by atoms with E-state index in [4.69, 9.17) is 5.11 Å². The van der Waals surface area contributed by atoms with Crippen LogP contribution in [0.15, 0.2) is 24.4 Å². The first kappa shape index (κ1) is 9.45. The molecule has 68 valence electrons. The molecule has 1 aromatic heterocycles. The van der Waals surface area contributed by atoms with Crippen molar-refractivity contribution in [2.24, 2.45) is 0 Å². The van der Waals surface area contributed by atoms with E-state index in [1.807, 2.05) is 19.9 Å². The number of aromatic carboxylic acids is 1. The Morgan fingerprint density at radius 1 is 1.62 bits per heavy atom. The van der Waals surface area contributed by atoms with Gasteiger partial charge in [0.25, 0.3) is 0 Å². The van der Waals surface area contributed by atoms with Crippen molar-refractivity contribution in [3.8, 4) is 0 Å². The van der Waals surface area contributed by atoms with Crippen LogP contribution in [0.4, 0.5) is 0 Å². The maximum atomic E-state index is 10.6. The lowest BCUT2D eigenvalue weighted by Crippen LogP contribution is -1.98. The molecule has 3 heteroatoms. The van der Waals surface area contributed by atoms with E-state index < -0.39 is 5.97 Å². The molecule has 1 aromatic rings. The van der Waals surface area contributed by atoms with Gasteiger partial charge in [0.1, 0.15) is 0 Å². The Morgan fingerprint density at radius 2 is 2.31 bits per heavy atom. The predicted octanol–water partition coefficient (Wildman–Crippen LogP) is 2.20. The Bertz CT molecular complexity index is 356. The van der Waals surface area contributed by atoms with Crippen LogP contribution < -0.4 is 0 Å². The zero-order valence-electron chi connectivity index (χ0n) is 7.61. The fraction of sp³-hybridized carbons (Fsp3) is 0.200. The summed E-state index contributed by atoms with van der Waals surface area (Å²) >= 11 is 0. The van der Waals surface area contributed by atoms with E-state index in [1.165, 1.54) is 12.3 Å². The van der Waals surface area contributed by atoms with Crippen LogP contribution in [0.5, 0.6) is 0 Å². The Kier molecular flexibility index (Phi) is 2.80. The van der Waals surface area contributed by atoms with Crippen LogP contribution in [-0.2, 0) is 0 Å². The molecule has 1 heterocycles. The molecule has 0 saturated carbocycles. The normalized spacial score (nSPS) is 11.4. The molecule has 0 radical (unpaired) electrons. The highest BCUT2D eigenvalue weighted by atomic mass is 16.4. The van der Waals surface area contributed by atoms with Crippen LogP contribution in [-0.4, -0.2) is 16.1 Å². The highest BCUT2D eigenvalue weighted by Crippen LogP contribution is 2.11. The maximum Gasteiger partial charge on any atom is 0.335 e. The third kappa shape index (κ3) is 2.15. The SMILES string of the molecule is C/C=C(/C)c1cc(C(=O)O)ccn1. The molecule has 0 spiro atoms. The molecule has 0 fully saturated rings. The van der Waals surface area contributed by atoms with Crippen molar-refractivity contribution in [3.05, 3.63) is 35.7 Å². The highest BCUT2D eigenvalue weighted by Gasteiger charge is 2.04. The number of nitrogens with zero attached hydrogens (tertiary/aromatic N) is 1. The minimum absolute atomic E-state index is 0.270. The summed E-state index contributed by atoms with van der Waals surface area (Å²) in [5, 5.41) is 8.72. The third-order valence-corrected chi connectivity index (χ3v) is 1.84. The van der Waals surface area contributed by atoms with Gasteiger partial charge in [-0.3, -0.25) is 4.98 Å². The quantitative estimate of drug-likeness (QED) is 0.753. The summed E-state index contributed by atoms with van der Waals surface area (Å²) in [5.41, 5.74) is 1.96. The molecule has 0 aliphatic rings. The van der Waals surface area contributed by atoms with Crippen molar-refractivity contribution in [2.45, 2.75) is 13.8 Å². The van der Waals surface area contributed by atoms with Gasteiger partial charge in [-0.15, -0.1) is 0 Å². The van der Waals surface area contributed by atoms with Crippen LogP contribution in [0.2, 0.25) is 0 Å². The molecule has 3 nitrogen and oxygen atoms in total. The van der Waals surface area contributed by atoms with Crippen molar-refractivity contribution in [2.75, 3.05) is 0 Å². The highest BCUT2D eigenvalue weighted by molar-refractivity contribution is 5.88. The fourth-order valence-corrected chi connectivity index (χ4v) is 0.927. The van der Waals surface area contributed by atoms with Gasteiger partial charge in [0, 0.05) is 6.20 Å². The van der Waals surface area contributed by atoms with Crippen LogP contribution in [0.25, 0.3) is 5.57 Å². The van der Waals surface area contributed by atoms with Gasteiger partial charge in [-0.2, -0.15) is 0 Å². The first-order valence-corrected chi connectivity index (χ1v) is 3.97. The number of hydrogen-bond acceptors (Lipinski definition) is 2. The minimum atomic E-state index is -0.924. The van der Waals surface area contributed by atoms with Crippen molar-refractivity contribution in [3.63, 3.8) is 0 Å². The largest absolute Gasteiger partial charge is 0.478 e. The van der Waals surface area contributed by atoms with E-state index >= 15 is 0 Å². The molecule has 13 heavy (non-hydrogen) atoms. The topological polar surface area (TPSA) is 50.2 Å². The minimum Gasteiger partial charge on any atom is -0.478 e. The van der Waals surface area contributed by atoms with Crippen LogP contribution in [0, 0.1) is 0 Å². The van der Waals surface area contributed by atoms with E-state index in [0.29, 0.717) is 5.69 Å². The van der Waals surface area contributed by atoms with Gasteiger partial charge in [-0.1, -0.05) is 6.08 Å². The van der Waals surface area contributed by atoms with Gasteiger partial charge in [0.05, 0.1) is 11.3 Å². The van der Waals surface area contributed by atoms with Crippen molar-refractivity contribution in [1.29, 1.82) is 0 Å². The van der Waals surface area contributed by atoms with Crippen LogP contribution in [0.3, 0.4) is 0 Å². The first-order valence-electron chi connectivity index (χ1n) is 3.97. The monoisotopic (exact) mass is 177 g/mol. The van der Waals surface area contributed by atoms with Gasteiger partial charge in [-0.25, -0.2) is 4.79 Å². The molecular formula is C10H11NO2. The number of aromatic nitrogens is 1. The summed E-state index contributed by atoms with van der Waals surface area (Å²) in [4.78, 5) is 14.7. The molecule has 0 saturated heterocycles. The lowest BCUT2D eigenvalue weighted by atomic mass is 10.1. The molecule has 0 aromatic carbocycles. The second-order valence-electron chi connectivity index (χ2n) is 2.71. The molecule has 0 aliphatic carbocycles. The zero-order chi connectivity index (χ0) is 9.84. The smallest absolute Gasteiger partial charge is 0.335 e. The van der Waals surface area contributed by atoms with E-state index in [9.17, 15) is 4.79 Å². The van der Waals surface area contributed by atoms with E-state index in [0.717, 1.165) is 5.57 Å². The van der Waals surface area contributed by atoms with Gasteiger partial charge in [-0.05, 0) is 31.6 Å². The number of carboxylic acid groups (broad SMARTS) is 1. The average molecular weight is 177 g/mol. The summed E-state index contributed by atoms with van der Waals surface area (Å²) in [7, 11) is 0. The van der Waals surface area contributed by atoms with E-state index in [2.05, 4.69) is 4.98 Å². The third-order valence-electron chi connectivity index (χ3n) is 1.84. The zero-order valence-corrected chi connectivity index (χ0v) is 7.61. The summed E-state index contributed by atoms with van der Waals surface area (Å²) in [6.07, 6.45) is 3.40. The van der Waals surface area contributed by atoms with Gasteiger partial charge in [0.2, 0.25) is 0 Å². The number of rotatable bonds is 2. The van der Waals surface area contributed by atoms with Crippen molar-refractivity contribution < 1.29 is 9.90 Å². The Balaban J connectivity index is 3.13. The summed E-state index contributed by atoms with van der Waals surface area (Å²) in [6.45, 7) is 3.79. The van der Waals surface area contributed by atoms with Crippen LogP contribution >= 0.6 is 0 Å². The van der Waals surface area contributed by atoms with Crippen molar-refractivity contribution >= 4 is 11.5 Å². The summed E-state index contributed by atoms with van der Waals surface area (Å²) in [5.74, 6) is -0.924. The lowest BCUT2D eigenvalue weighted by molar-refractivity contribution is 0.0696. The Morgan fingerprint density at radius 3 is 2.85 bits per heavy atom. The fourth-order valence-electron chi connectivity index (χ4n) is 0.927. The Labute approximate surface area is 76.7 Å². The van der Waals surface area contributed by atoms with Gasteiger partial charge >= 0.3 is 5.97 Å². The van der Waals surface area contributed by atoms with Crippen molar-refractivity contribution in [1.82, 2.24) is 4.98 Å². The van der Waals surface area contributed by atoms with E-state index in [-0.39, 0.29) is 5.56 Å². The Hall–Kier alpha value is -1.64. The van der Waals surface area contributed by atoms with Crippen LogP contribution in [0.1, 0.15) is 29.9 Å².